The fourth-order valence-electron chi connectivity index (χ4n) is 5.80. The van der Waals surface area contributed by atoms with Gasteiger partial charge in [-0.15, -0.1) is 0 Å². The molecule has 3 fully saturated rings. The van der Waals surface area contributed by atoms with Crippen molar-refractivity contribution in [2.75, 3.05) is 62.7 Å². The van der Waals surface area contributed by atoms with Crippen molar-refractivity contribution >= 4 is 28.4 Å². The summed E-state index contributed by atoms with van der Waals surface area (Å²) in [6.07, 6.45) is 4.05. The molecule has 2 unspecified atom stereocenters. The first-order valence-corrected chi connectivity index (χ1v) is 13.3. The van der Waals surface area contributed by atoms with Crippen molar-refractivity contribution in [2.24, 2.45) is 0 Å². The summed E-state index contributed by atoms with van der Waals surface area (Å²) in [4.78, 5) is 29.9. The molecule has 1 aromatic heterocycles. The van der Waals surface area contributed by atoms with Gasteiger partial charge in [0.2, 0.25) is 0 Å². The number of ether oxygens (including phenoxy) is 1. The minimum Gasteiger partial charge on any atom is -0.378 e. The van der Waals surface area contributed by atoms with Crippen LogP contribution in [0.25, 0.3) is 11.0 Å². The maximum Gasteiger partial charge on any atom is 0.254 e. The first-order chi connectivity index (χ1) is 18.5. The largest absolute Gasteiger partial charge is 0.378 e. The highest BCUT2D eigenvalue weighted by Gasteiger charge is 2.33. The Labute approximate surface area is 220 Å². The van der Waals surface area contributed by atoms with Crippen LogP contribution in [0.1, 0.15) is 41.7 Å². The third-order valence-corrected chi connectivity index (χ3v) is 7.89. The Kier molecular flexibility index (Phi) is 6.84. The lowest BCUT2D eigenvalue weighted by Gasteiger charge is -2.37. The minimum absolute atomic E-state index is 0.0150. The zero-order chi connectivity index (χ0) is 26.2. The van der Waals surface area contributed by atoms with Gasteiger partial charge in [0, 0.05) is 61.6 Å². The van der Waals surface area contributed by atoms with E-state index in [0.29, 0.717) is 48.1 Å². The number of amides is 1. The molecule has 0 spiro atoms. The number of morpholine rings is 1. The number of carbonyl (C=O) groups excluding carboxylic acids is 1. The van der Waals surface area contributed by atoms with Crippen LogP contribution in [0, 0.1) is 11.6 Å². The zero-order valence-electron chi connectivity index (χ0n) is 21.5. The van der Waals surface area contributed by atoms with E-state index in [2.05, 4.69) is 15.1 Å². The maximum absolute atomic E-state index is 13.9. The van der Waals surface area contributed by atoms with E-state index in [4.69, 9.17) is 14.7 Å². The van der Waals surface area contributed by atoms with Crippen molar-refractivity contribution in [2.45, 2.75) is 31.8 Å². The predicted molar refractivity (Wildman–Crippen MR) is 141 cm³/mol. The van der Waals surface area contributed by atoms with Crippen LogP contribution in [-0.2, 0) is 4.74 Å². The fourth-order valence-corrected chi connectivity index (χ4v) is 5.80. The van der Waals surface area contributed by atoms with Gasteiger partial charge in [-0.25, -0.2) is 13.8 Å². The molecule has 2 atom stereocenters. The Morgan fingerprint density at radius 3 is 2.74 bits per heavy atom. The average Bonchev–Trinajstić information content (AvgIpc) is 3.42. The number of anilines is 2. The number of aromatic nitrogens is 2. The lowest BCUT2D eigenvalue weighted by Crippen LogP contribution is -2.52. The number of halogens is 2. The molecule has 0 bridgehead atoms. The lowest BCUT2D eigenvalue weighted by atomic mass is 10.0. The number of rotatable bonds is 5. The summed E-state index contributed by atoms with van der Waals surface area (Å²) in [7, 11) is 0. The molecule has 3 aliphatic rings. The molecule has 3 aliphatic heterocycles. The summed E-state index contributed by atoms with van der Waals surface area (Å²) in [5, 5.41) is 3.25. The second-order valence-electron chi connectivity index (χ2n) is 10.3. The molecule has 0 aliphatic carbocycles. The molecule has 3 aromatic rings. The number of nitrogens with zero attached hydrogens (tertiary/aromatic N) is 5. The molecular formula is C28H32F2N6O2. The molecule has 0 radical (unpaired) electrons. The van der Waals surface area contributed by atoms with Crippen LogP contribution in [0.15, 0.2) is 36.5 Å². The highest BCUT2D eigenvalue weighted by molar-refractivity contribution is 5.98. The van der Waals surface area contributed by atoms with Crippen molar-refractivity contribution in [1.82, 2.24) is 19.8 Å². The van der Waals surface area contributed by atoms with Crippen LogP contribution in [0.5, 0.6) is 0 Å². The van der Waals surface area contributed by atoms with E-state index in [1.54, 1.807) is 6.20 Å². The number of hydrogen-bond donors (Lipinski definition) is 1. The van der Waals surface area contributed by atoms with Gasteiger partial charge in [0.1, 0.15) is 5.82 Å². The average molecular weight is 523 g/mol. The van der Waals surface area contributed by atoms with Gasteiger partial charge in [-0.2, -0.15) is 0 Å². The topological polar surface area (TPSA) is 73.8 Å². The molecule has 8 nitrogen and oxygen atoms in total. The Morgan fingerprint density at radius 1 is 1.08 bits per heavy atom. The number of nitrogens with one attached hydrogen (secondary N) is 1. The van der Waals surface area contributed by atoms with Gasteiger partial charge < -0.3 is 19.9 Å². The lowest BCUT2D eigenvalue weighted by molar-refractivity contribution is 0.0571. The smallest absolute Gasteiger partial charge is 0.254 e. The second kappa shape index (κ2) is 10.4. The fraction of sp³-hybridized carbons (Fsp3) is 0.464. The van der Waals surface area contributed by atoms with Crippen molar-refractivity contribution in [3.05, 3.63) is 59.3 Å². The summed E-state index contributed by atoms with van der Waals surface area (Å²) in [5.41, 5.74) is 3.08. The Hall–Kier alpha value is -3.37. The SMILES string of the molecule is CC(Nc1ccc(F)c(F)c1)c1cc(C(=O)N2CCN3CCCC3C2)cc2ncc(N3CCOCC3)nc12. The molecular weight excluding hydrogens is 490 g/mol. The van der Waals surface area contributed by atoms with Crippen LogP contribution in [0.4, 0.5) is 20.3 Å². The number of carbonyl (C=O) groups is 1. The highest BCUT2D eigenvalue weighted by atomic mass is 19.2. The number of piperazine rings is 1. The van der Waals surface area contributed by atoms with Gasteiger partial charge in [0.25, 0.3) is 5.91 Å². The molecule has 1 N–H and O–H groups in total. The molecule has 2 aromatic carbocycles. The van der Waals surface area contributed by atoms with E-state index >= 15 is 0 Å². The maximum atomic E-state index is 13.9. The van der Waals surface area contributed by atoms with Crippen molar-refractivity contribution in [3.8, 4) is 0 Å². The molecule has 3 saturated heterocycles. The van der Waals surface area contributed by atoms with Gasteiger partial charge in [-0.05, 0) is 50.6 Å². The van der Waals surface area contributed by atoms with Crippen molar-refractivity contribution in [1.29, 1.82) is 0 Å². The molecule has 0 saturated carbocycles. The quantitative estimate of drug-likeness (QED) is 0.546. The zero-order valence-corrected chi connectivity index (χ0v) is 21.5. The van der Waals surface area contributed by atoms with Gasteiger partial charge in [0.05, 0.1) is 36.5 Å². The first kappa shape index (κ1) is 24.9. The summed E-state index contributed by atoms with van der Waals surface area (Å²) in [5.74, 6) is -1.08. The number of fused-ring (bicyclic) bond motifs is 2. The summed E-state index contributed by atoms with van der Waals surface area (Å²) in [6.45, 7) is 8.07. The third-order valence-electron chi connectivity index (χ3n) is 7.89. The van der Waals surface area contributed by atoms with Crippen LogP contribution < -0.4 is 10.2 Å². The second-order valence-corrected chi connectivity index (χ2v) is 10.3. The number of benzene rings is 2. The summed E-state index contributed by atoms with van der Waals surface area (Å²) < 4.78 is 32.9. The third kappa shape index (κ3) is 4.90. The van der Waals surface area contributed by atoms with E-state index in [1.807, 2.05) is 24.0 Å². The van der Waals surface area contributed by atoms with Crippen LogP contribution in [0.3, 0.4) is 0 Å². The van der Waals surface area contributed by atoms with E-state index in [0.717, 1.165) is 62.7 Å². The predicted octanol–water partition coefficient (Wildman–Crippen LogP) is 3.84. The van der Waals surface area contributed by atoms with E-state index < -0.39 is 11.6 Å². The first-order valence-electron chi connectivity index (χ1n) is 13.3. The Balaban J connectivity index is 1.36. The van der Waals surface area contributed by atoms with Crippen LogP contribution in [-0.4, -0.2) is 84.2 Å². The van der Waals surface area contributed by atoms with Gasteiger partial charge in [-0.1, -0.05) is 0 Å². The molecule has 4 heterocycles. The molecule has 200 valence electrons. The molecule has 10 heteroatoms. The highest BCUT2D eigenvalue weighted by Crippen LogP contribution is 2.30. The van der Waals surface area contributed by atoms with E-state index in [1.165, 1.54) is 12.5 Å². The number of hydrogen-bond acceptors (Lipinski definition) is 7. The standard InChI is InChI=1S/C28H32F2N6O2/c1-18(32-20-4-5-23(29)24(30)15-20)22-13-19(28(37)36-8-7-34-6-2-3-21(34)17-36)14-25-27(22)33-26(16-31-25)35-9-11-38-12-10-35/h4-5,13-16,18,21,32H,2-3,6-12,17H2,1H3. The van der Waals surface area contributed by atoms with Crippen LogP contribution >= 0.6 is 0 Å². The van der Waals surface area contributed by atoms with Gasteiger partial charge in [0.15, 0.2) is 11.6 Å². The van der Waals surface area contributed by atoms with Crippen LogP contribution in [0.2, 0.25) is 0 Å². The molecule has 6 rings (SSSR count). The minimum atomic E-state index is -0.920. The normalized spacial score (nSPS) is 21.0. The van der Waals surface area contributed by atoms with Gasteiger partial charge >= 0.3 is 0 Å². The van der Waals surface area contributed by atoms with Crippen molar-refractivity contribution < 1.29 is 18.3 Å². The van der Waals surface area contributed by atoms with Crippen molar-refractivity contribution in [3.63, 3.8) is 0 Å². The monoisotopic (exact) mass is 522 g/mol. The molecule has 38 heavy (non-hydrogen) atoms. The summed E-state index contributed by atoms with van der Waals surface area (Å²) in [6, 6.07) is 7.51. The van der Waals surface area contributed by atoms with E-state index in [-0.39, 0.29) is 11.9 Å². The summed E-state index contributed by atoms with van der Waals surface area (Å²) >= 11 is 0. The Morgan fingerprint density at radius 2 is 1.92 bits per heavy atom. The van der Waals surface area contributed by atoms with E-state index in [9.17, 15) is 13.6 Å². The molecule has 1 amide bonds. The van der Waals surface area contributed by atoms with Gasteiger partial charge in [-0.3, -0.25) is 14.7 Å². The Bertz CT molecular complexity index is 1350.